The van der Waals surface area contributed by atoms with Crippen molar-refractivity contribution in [2.24, 2.45) is 0 Å². The summed E-state index contributed by atoms with van der Waals surface area (Å²) in [5.74, 6) is 1.21. The predicted octanol–water partition coefficient (Wildman–Crippen LogP) is 3.54. The van der Waals surface area contributed by atoms with Crippen LogP contribution >= 0.6 is 0 Å². The van der Waals surface area contributed by atoms with Gasteiger partial charge in [-0.05, 0) is 62.9 Å². The van der Waals surface area contributed by atoms with Gasteiger partial charge in [0.25, 0.3) is 0 Å². The molecule has 2 aliphatic rings. The number of rotatable bonds is 3. The number of hydrogen-bond acceptors (Lipinski definition) is 3. The van der Waals surface area contributed by atoms with Crippen LogP contribution in [0.1, 0.15) is 56.2 Å². The molecule has 0 bridgehead atoms. The van der Waals surface area contributed by atoms with Gasteiger partial charge in [-0.25, -0.2) is 4.98 Å². The number of pyridine rings is 1. The van der Waals surface area contributed by atoms with Gasteiger partial charge in [-0.1, -0.05) is 13.3 Å². The van der Waals surface area contributed by atoms with Crippen molar-refractivity contribution in [3.05, 3.63) is 23.4 Å². The van der Waals surface area contributed by atoms with Gasteiger partial charge in [0.2, 0.25) is 0 Å². The normalized spacial score (nSPS) is 24.3. The molecular formula is C17H27N3. The first-order chi connectivity index (χ1) is 9.79. The Morgan fingerprint density at radius 2 is 1.90 bits per heavy atom. The average molecular weight is 273 g/mol. The number of nitrogens with zero attached hydrogens (tertiary/aromatic N) is 3. The van der Waals surface area contributed by atoms with Crippen LogP contribution in [-0.2, 0) is 0 Å². The molecule has 0 amide bonds. The van der Waals surface area contributed by atoms with E-state index in [2.05, 4.69) is 35.9 Å². The molecule has 0 N–H and O–H groups in total. The molecule has 3 nitrogen and oxygen atoms in total. The van der Waals surface area contributed by atoms with Crippen molar-refractivity contribution >= 4 is 5.82 Å². The van der Waals surface area contributed by atoms with Crippen LogP contribution in [0.4, 0.5) is 5.82 Å². The molecule has 1 aromatic rings. The molecule has 3 rings (SSSR count). The minimum absolute atomic E-state index is 0.590. The monoisotopic (exact) mass is 273 g/mol. The van der Waals surface area contributed by atoms with Crippen molar-refractivity contribution in [1.82, 2.24) is 9.88 Å². The van der Waals surface area contributed by atoms with Crippen molar-refractivity contribution in [2.45, 2.75) is 52.0 Å². The van der Waals surface area contributed by atoms with Gasteiger partial charge in [0, 0.05) is 25.3 Å². The quantitative estimate of drug-likeness (QED) is 0.839. The molecule has 3 heteroatoms. The molecule has 20 heavy (non-hydrogen) atoms. The SMILES string of the molecule is CCN1CCCC[C@H]1c1cnc(N2CCCC2)c(C)c1. The van der Waals surface area contributed by atoms with Gasteiger partial charge >= 0.3 is 0 Å². The highest BCUT2D eigenvalue weighted by atomic mass is 15.2. The highest BCUT2D eigenvalue weighted by Crippen LogP contribution is 2.32. The van der Waals surface area contributed by atoms with Crippen molar-refractivity contribution in [1.29, 1.82) is 0 Å². The summed E-state index contributed by atoms with van der Waals surface area (Å²) in [6, 6.07) is 2.98. The number of anilines is 1. The van der Waals surface area contributed by atoms with Crippen LogP contribution in [0.3, 0.4) is 0 Å². The lowest BCUT2D eigenvalue weighted by molar-refractivity contribution is 0.157. The molecule has 0 radical (unpaired) electrons. The second-order valence-electron chi connectivity index (χ2n) is 6.24. The summed E-state index contributed by atoms with van der Waals surface area (Å²) in [7, 11) is 0. The zero-order chi connectivity index (χ0) is 13.9. The highest BCUT2D eigenvalue weighted by molar-refractivity contribution is 5.48. The molecule has 2 aliphatic heterocycles. The van der Waals surface area contributed by atoms with E-state index >= 15 is 0 Å². The largest absolute Gasteiger partial charge is 0.356 e. The third-order valence-corrected chi connectivity index (χ3v) is 4.88. The van der Waals surface area contributed by atoms with E-state index in [0.29, 0.717) is 6.04 Å². The Balaban J connectivity index is 1.81. The Morgan fingerprint density at radius 1 is 1.15 bits per heavy atom. The summed E-state index contributed by atoms with van der Waals surface area (Å²) < 4.78 is 0. The van der Waals surface area contributed by atoms with Gasteiger partial charge in [-0.2, -0.15) is 0 Å². The number of aryl methyl sites for hydroxylation is 1. The molecule has 2 fully saturated rings. The maximum absolute atomic E-state index is 4.80. The molecule has 2 saturated heterocycles. The van der Waals surface area contributed by atoms with Crippen LogP contribution < -0.4 is 4.90 Å². The first-order valence-electron chi connectivity index (χ1n) is 8.25. The van der Waals surface area contributed by atoms with Crippen LogP contribution in [0, 0.1) is 6.92 Å². The lowest BCUT2D eigenvalue weighted by Crippen LogP contribution is -2.33. The Morgan fingerprint density at radius 3 is 2.60 bits per heavy atom. The lowest BCUT2D eigenvalue weighted by atomic mass is 9.95. The Kier molecular flexibility index (Phi) is 4.25. The van der Waals surface area contributed by atoms with E-state index in [1.165, 1.54) is 68.7 Å². The molecule has 1 atom stereocenters. The standard InChI is InChI=1S/C17H27N3/c1-3-19-9-5-4-8-16(19)15-12-14(2)17(18-13-15)20-10-6-7-11-20/h12-13,16H,3-11H2,1-2H3/t16-/m0/s1. The molecule has 110 valence electrons. The minimum atomic E-state index is 0.590. The summed E-state index contributed by atoms with van der Waals surface area (Å²) in [4.78, 5) is 9.85. The van der Waals surface area contributed by atoms with Crippen LogP contribution in [0.5, 0.6) is 0 Å². The maximum Gasteiger partial charge on any atom is 0.131 e. The topological polar surface area (TPSA) is 19.4 Å². The van der Waals surface area contributed by atoms with Gasteiger partial charge in [-0.15, -0.1) is 0 Å². The number of hydrogen-bond donors (Lipinski definition) is 0. The fourth-order valence-corrected chi connectivity index (χ4v) is 3.78. The van der Waals surface area contributed by atoms with E-state index in [1.807, 2.05) is 0 Å². The third-order valence-electron chi connectivity index (χ3n) is 4.88. The summed E-state index contributed by atoms with van der Waals surface area (Å²) in [5, 5.41) is 0. The summed E-state index contributed by atoms with van der Waals surface area (Å²) in [6.45, 7) is 9.25. The zero-order valence-corrected chi connectivity index (χ0v) is 12.9. The molecular weight excluding hydrogens is 246 g/mol. The lowest BCUT2D eigenvalue weighted by Gasteiger charge is -2.35. The number of likely N-dealkylation sites (tertiary alicyclic amines) is 1. The smallest absolute Gasteiger partial charge is 0.131 e. The first kappa shape index (κ1) is 13.9. The highest BCUT2D eigenvalue weighted by Gasteiger charge is 2.24. The van der Waals surface area contributed by atoms with Crippen molar-refractivity contribution < 1.29 is 0 Å². The van der Waals surface area contributed by atoms with Crippen molar-refractivity contribution in [3.63, 3.8) is 0 Å². The van der Waals surface area contributed by atoms with Crippen molar-refractivity contribution in [2.75, 3.05) is 31.1 Å². The summed E-state index contributed by atoms with van der Waals surface area (Å²) in [6.07, 6.45) is 8.76. The number of aromatic nitrogens is 1. The fraction of sp³-hybridized carbons (Fsp3) is 0.706. The van der Waals surface area contributed by atoms with E-state index in [4.69, 9.17) is 4.98 Å². The zero-order valence-electron chi connectivity index (χ0n) is 12.9. The van der Waals surface area contributed by atoms with Gasteiger partial charge in [0.05, 0.1) is 0 Å². The van der Waals surface area contributed by atoms with Gasteiger partial charge in [0.15, 0.2) is 0 Å². The molecule has 3 heterocycles. The van der Waals surface area contributed by atoms with Gasteiger partial charge < -0.3 is 4.90 Å². The third kappa shape index (κ3) is 2.69. The van der Waals surface area contributed by atoms with E-state index in [1.54, 1.807) is 0 Å². The summed E-state index contributed by atoms with van der Waals surface area (Å²) in [5.41, 5.74) is 2.78. The number of piperidine rings is 1. The predicted molar refractivity (Wildman–Crippen MR) is 84.3 cm³/mol. The van der Waals surface area contributed by atoms with Crippen LogP contribution in [0.25, 0.3) is 0 Å². The van der Waals surface area contributed by atoms with Crippen LogP contribution in [0.2, 0.25) is 0 Å². The second kappa shape index (κ2) is 6.13. The Hall–Kier alpha value is -1.09. The van der Waals surface area contributed by atoms with E-state index in [0.717, 1.165) is 6.54 Å². The van der Waals surface area contributed by atoms with E-state index in [-0.39, 0.29) is 0 Å². The molecule has 0 unspecified atom stereocenters. The molecule has 0 aliphatic carbocycles. The minimum Gasteiger partial charge on any atom is -0.356 e. The maximum atomic E-state index is 4.80. The average Bonchev–Trinajstić information content (AvgIpc) is 3.01. The second-order valence-corrected chi connectivity index (χ2v) is 6.24. The molecule has 0 saturated carbocycles. The van der Waals surface area contributed by atoms with E-state index in [9.17, 15) is 0 Å². The van der Waals surface area contributed by atoms with Crippen LogP contribution in [0.15, 0.2) is 12.3 Å². The fourth-order valence-electron chi connectivity index (χ4n) is 3.78. The first-order valence-corrected chi connectivity index (χ1v) is 8.25. The van der Waals surface area contributed by atoms with Crippen LogP contribution in [-0.4, -0.2) is 36.1 Å². The van der Waals surface area contributed by atoms with Crippen molar-refractivity contribution in [3.8, 4) is 0 Å². The Labute approximate surface area is 123 Å². The Bertz CT molecular complexity index is 452. The molecule has 1 aromatic heterocycles. The van der Waals surface area contributed by atoms with Gasteiger partial charge in [-0.3, -0.25) is 4.90 Å². The molecule has 0 spiro atoms. The summed E-state index contributed by atoms with van der Waals surface area (Å²) >= 11 is 0. The van der Waals surface area contributed by atoms with E-state index < -0.39 is 0 Å². The molecule has 0 aromatic carbocycles. The van der Waals surface area contributed by atoms with Gasteiger partial charge in [0.1, 0.15) is 5.82 Å².